The maximum Gasteiger partial charge on any atom is 0.191 e. The van der Waals surface area contributed by atoms with Crippen LogP contribution in [-0.4, -0.2) is 25.7 Å². The van der Waals surface area contributed by atoms with Crippen LogP contribution in [0.25, 0.3) is 0 Å². The highest BCUT2D eigenvalue weighted by molar-refractivity contribution is 7.11. The third-order valence-corrected chi connectivity index (χ3v) is 4.65. The van der Waals surface area contributed by atoms with E-state index in [0.29, 0.717) is 12.6 Å². The van der Waals surface area contributed by atoms with E-state index < -0.39 is 0 Å². The van der Waals surface area contributed by atoms with Gasteiger partial charge in [-0.1, -0.05) is 18.2 Å². The van der Waals surface area contributed by atoms with E-state index in [1.165, 1.54) is 9.75 Å². The number of aliphatic imine (C=N–C) groups is 1. The molecule has 5 heteroatoms. The van der Waals surface area contributed by atoms with Gasteiger partial charge in [0.15, 0.2) is 5.96 Å². The molecule has 1 atom stereocenters. The summed E-state index contributed by atoms with van der Waals surface area (Å²) < 4.78 is 5.39. The van der Waals surface area contributed by atoms with Crippen LogP contribution >= 0.6 is 11.3 Å². The topological polar surface area (TPSA) is 45.7 Å². The van der Waals surface area contributed by atoms with Crippen molar-refractivity contribution in [3.63, 3.8) is 0 Å². The highest BCUT2D eigenvalue weighted by Gasteiger charge is 2.08. The fraction of sp³-hybridized carbons (Fsp3) is 0.421. The van der Waals surface area contributed by atoms with Crippen LogP contribution in [0.3, 0.4) is 0 Å². The van der Waals surface area contributed by atoms with E-state index >= 15 is 0 Å². The zero-order valence-electron chi connectivity index (χ0n) is 14.9. The van der Waals surface area contributed by atoms with Gasteiger partial charge >= 0.3 is 0 Å². The molecule has 24 heavy (non-hydrogen) atoms. The first-order valence-electron chi connectivity index (χ1n) is 8.34. The highest BCUT2D eigenvalue weighted by Crippen LogP contribution is 2.18. The number of nitrogens with one attached hydrogen (secondary N) is 2. The summed E-state index contributed by atoms with van der Waals surface area (Å²) in [5, 5.41) is 6.80. The number of benzene rings is 1. The van der Waals surface area contributed by atoms with Gasteiger partial charge in [0, 0.05) is 34.3 Å². The number of guanidine groups is 1. The molecule has 0 saturated carbocycles. The second kappa shape index (κ2) is 9.33. The third kappa shape index (κ3) is 5.57. The first-order chi connectivity index (χ1) is 11.6. The Hall–Kier alpha value is -2.01. The lowest BCUT2D eigenvalue weighted by Gasteiger charge is -2.17. The zero-order chi connectivity index (χ0) is 17.4. The van der Waals surface area contributed by atoms with Crippen molar-refractivity contribution in [3.8, 4) is 5.75 Å². The molecular formula is C19H27N3OS. The van der Waals surface area contributed by atoms with Crippen molar-refractivity contribution >= 4 is 17.3 Å². The molecule has 1 unspecified atom stereocenters. The van der Waals surface area contributed by atoms with Crippen LogP contribution in [0.2, 0.25) is 0 Å². The summed E-state index contributed by atoms with van der Waals surface area (Å²) >= 11 is 1.85. The standard InChI is InChI=1S/C19H27N3OS/c1-5-20-19(21-13-16-8-6-7-9-18(16)23-4)22-14(2)12-17-11-10-15(3)24-17/h6-11,14H,5,12-13H2,1-4H3,(H2,20,21,22). The third-order valence-electron chi connectivity index (χ3n) is 3.63. The van der Waals surface area contributed by atoms with Gasteiger partial charge < -0.3 is 15.4 Å². The number of nitrogens with zero attached hydrogens (tertiary/aromatic N) is 1. The van der Waals surface area contributed by atoms with Crippen molar-refractivity contribution < 1.29 is 4.74 Å². The van der Waals surface area contributed by atoms with E-state index in [0.717, 1.165) is 30.2 Å². The summed E-state index contributed by atoms with van der Waals surface area (Å²) in [6.07, 6.45) is 0.998. The zero-order valence-corrected chi connectivity index (χ0v) is 15.7. The summed E-state index contributed by atoms with van der Waals surface area (Å²) in [6, 6.07) is 12.7. The highest BCUT2D eigenvalue weighted by atomic mass is 32.1. The van der Waals surface area contributed by atoms with E-state index in [1.807, 2.05) is 35.6 Å². The van der Waals surface area contributed by atoms with Gasteiger partial charge in [-0.15, -0.1) is 11.3 Å². The summed E-state index contributed by atoms with van der Waals surface area (Å²) in [7, 11) is 1.69. The number of methoxy groups -OCH3 is 1. The Bertz CT molecular complexity index is 666. The van der Waals surface area contributed by atoms with Crippen molar-refractivity contribution in [2.24, 2.45) is 4.99 Å². The summed E-state index contributed by atoms with van der Waals surface area (Å²) in [4.78, 5) is 7.45. The fourth-order valence-electron chi connectivity index (χ4n) is 2.50. The maximum atomic E-state index is 5.39. The second-order valence-electron chi connectivity index (χ2n) is 5.77. The molecule has 2 aromatic rings. The molecule has 1 aromatic heterocycles. The van der Waals surface area contributed by atoms with E-state index in [-0.39, 0.29) is 0 Å². The van der Waals surface area contributed by atoms with Crippen molar-refractivity contribution in [2.45, 2.75) is 39.8 Å². The molecule has 2 rings (SSSR count). The van der Waals surface area contributed by atoms with Crippen LogP contribution in [0.1, 0.15) is 29.2 Å². The monoisotopic (exact) mass is 345 g/mol. The molecule has 0 aliphatic carbocycles. The normalized spacial score (nSPS) is 12.8. The first-order valence-corrected chi connectivity index (χ1v) is 9.16. The summed E-state index contributed by atoms with van der Waals surface area (Å²) in [5.74, 6) is 1.71. The van der Waals surface area contributed by atoms with Crippen LogP contribution in [0, 0.1) is 6.92 Å². The molecule has 130 valence electrons. The minimum atomic E-state index is 0.318. The second-order valence-corrected chi connectivity index (χ2v) is 7.14. The SMILES string of the molecule is CCNC(=NCc1ccccc1OC)NC(C)Cc1ccc(C)s1. The Morgan fingerprint density at radius 2 is 2.04 bits per heavy atom. The minimum absolute atomic E-state index is 0.318. The number of hydrogen-bond acceptors (Lipinski definition) is 3. The molecular weight excluding hydrogens is 318 g/mol. The number of rotatable bonds is 7. The fourth-order valence-corrected chi connectivity index (χ4v) is 3.52. The lowest BCUT2D eigenvalue weighted by Crippen LogP contribution is -2.43. The summed E-state index contributed by atoms with van der Waals surface area (Å²) in [6.45, 7) is 7.83. The van der Waals surface area contributed by atoms with Crippen LogP contribution in [0.5, 0.6) is 5.75 Å². The van der Waals surface area contributed by atoms with Gasteiger partial charge in [-0.2, -0.15) is 0 Å². The maximum absolute atomic E-state index is 5.39. The molecule has 0 saturated heterocycles. The number of hydrogen-bond donors (Lipinski definition) is 2. The average molecular weight is 346 g/mol. The van der Waals surface area contributed by atoms with E-state index in [4.69, 9.17) is 9.73 Å². The van der Waals surface area contributed by atoms with Crippen LogP contribution in [0.4, 0.5) is 0 Å². The Morgan fingerprint density at radius 1 is 1.25 bits per heavy atom. The van der Waals surface area contributed by atoms with Crippen molar-refractivity contribution in [2.75, 3.05) is 13.7 Å². The van der Waals surface area contributed by atoms with Crippen LogP contribution in [0.15, 0.2) is 41.4 Å². The number of thiophene rings is 1. The molecule has 0 spiro atoms. The van der Waals surface area contributed by atoms with Gasteiger partial charge in [0.05, 0.1) is 13.7 Å². The van der Waals surface area contributed by atoms with Crippen LogP contribution in [-0.2, 0) is 13.0 Å². The van der Waals surface area contributed by atoms with Gasteiger partial charge in [0.2, 0.25) is 0 Å². The largest absolute Gasteiger partial charge is 0.496 e. The number of aryl methyl sites for hydroxylation is 1. The molecule has 1 aromatic carbocycles. The molecule has 4 nitrogen and oxygen atoms in total. The Morgan fingerprint density at radius 3 is 2.71 bits per heavy atom. The summed E-state index contributed by atoms with van der Waals surface area (Å²) in [5.41, 5.74) is 1.08. The smallest absolute Gasteiger partial charge is 0.191 e. The van der Waals surface area contributed by atoms with E-state index in [2.05, 4.69) is 43.5 Å². The van der Waals surface area contributed by atoms with E-state index in [1.54, 1.807) is 7.11 Å². The molecule has 0 bridgehead atoms. The van der Waals surface area contributed by atoms with Crippen molar-refractivity contribution in [1.29, 1.82) is 0 Å². The van der Waals surface area contributed by atoms with Crippen molar-refractivity contribution in [3.05, 3.63) is 51.7 Å². The van der Waals surface area contributed by atoms with Gasteiger partial charge in [0.25, 0.3) is 0 Å². The lowest BCUT2D eigenvalue weighted by molar-refractivity contribution is 0.410. The van der Waals surface area contributed by atoms with E-state index in [9.17, 15) is 0 Å². The average Bonchev–Trinajstić information content (AvgIpc) is 2.97. The van der Waals surface area contributed by atoms with Gasteiger partial charge in [0.1, 0.15) is 5.75 Å². The molecule has 0 fully saturated rings. The Labute approximate surface area is 149 Å². The van der Waals surface area contributed by atoms with Crippen molar-refractivity contribution in [1.82, 2.24) is 10.6 Å². The quantitative estimate of drug-likeness (QED) is 0.593. The molecule has 0 radical (unpaired) electrons. The Balaban J connectivity index is 1.99. The van der Waals surface area contributed by atoms with Crippen LogP contribution < -0.4 is 15.4 Å². The molecule has 0 amide bonds. The predicted octanol–water partition coefficient (Wildman–Crippen LogP) is 3.75. The predicted molar refractivity (Wildman–Crippen MR) is 103 cm³/mol. The van der Waals surface area contributed by atoms with Gasteiger partial charge in [-0.3, -0.25) is 0 Å². The molecule has 0 aliphatic rings. The molecule has 1 heterocycles. The van der Waals surface area contributed by atoms with Gasteiger partial charge in [-0.25, -0.2) is 4.99 Å². The minimum Gasteiger partial charge on any atom is -0.496 e. The molecule has 2 N–H and O–H groups in total. The molecule has 0 aliphatic heterocycles. The first kappa shape index (κ1) is 18.3. The van der Waals surface area contributed by atoms with Gasteiger partial charge in [-0.05, 0) is 39.0 Å². The number of para-hydroxylation sites is 1. The lowest BCUT2D eigenvalue weighted by atomic mass is 10.2. The number of ether oxygens (including phenoxy) is 1. The Kier molecular flexibility index (Phi) is 7.12.